The quantitative estimate of drug-likeness (QED) is 0.807. The number of amides is 1. The molecule has 1 heterocycles. The van der Waals surface area contributed by atoms with Crippen LogP contribution in [0.4, 0.5) is 0 Å². The highest BCUT2D eigenvalue weighted by atomic mass is 35.5. The number of carboxylic acid groups (broad SMARTS) is 1. The molecule has 5 rings (SSSR count). The maximum atomic E-state index is 13.2. The Bertz CT molecular complexity index is 709. The normalized spacial score (nSPS) is 31.1. The average molecular weight is 391 g/mol. The third-order valence-electron chi connectivity index (χ3n) is 6.96. The number of fused-ring (bicyclic) bond motifs is 3. The molecule has 1 aliphatic heterocycles. The molecular weight excluding hydrogens is 364 g/mol. The van der Waals surface area contributed by atoms with Gasteiger partial charge in [0.15, 0.2) is 0 Å². The molecule has 2 atom stereocenters. The van der Waals surface area contributed by atoms with Gasteiger partial charge >= 0.3 is 0 Å². The number of piperazine rings is 1. The van der Waals surface area contributed by atoms with Gasteiger partial charge in [-0.3, -0.25) is 4.79 Å². The molecule has 5 nitrogen and oxygen atoms in total. The molecule has 146 valence electrons. The van der Waals surface area contributed by atoms with Gasteiger partial charge in [-0.15, -0.1) is 0 Å². The number of nitrogens with zero attached hydrogens (tertiary/aromatic N) is 1. The van der Waals surface area contributed by atoms with E-state index in [0.29, 0.717) is 13.1 Å². The Morgan fingerprint density at radius 3 is 2.22 bits per heavy atom. The predicted octanol–water partition coefficient (Wildman–Crippen LogP) is 0.369. The number of hydrogen-bond acceptors (Lipinski definition) is 3. The van der Waals surface area contributed by atoms with E-state index in [1.54, 1.807) is 0 Å². The maximum absolute atomic E-state index is 13.2. The fourth-order valence-corrected chi connectivity index (χ4v) is 5.69. The number of nitrogens with one attached hydrogen (secondary N) is 1. The second-order valence-electron chi connectivity index (χ2n) is 8.39. The molecule has 27 heavy (non-hydrogen) atoms. The minimum Gasteiger partial charge on any atom is -0.550 e. The second kappa shape index (κ2) is 7.80. The number of quaternary nitrogens is 1. The molecule has 6 heteroatoms. The van der Waals surface area contributed by atoms with Crippen LogP contribution in [-0.4, -0.2) is 43.0 Å². The predicted molar refractivity (Wildman–Crippen MR) is 99.9 cm³/mol. The number of rotatable bonds is 4. The van der Waals surface area contributed by atoms with Gasteiger partial charge in [-0.05, 0) is 43.6 Å². The summed E-state index contributed by atoms with van der Waals surface area (Å²) in [6.07, 6.45) is 3.84. The number of halogens is 1. The molecule has 1 saturated heterocycles. The third kappa shape index (κ3) is 3.72. The van der Waals surface area contributed by atoms with Gasteiger partial charge in [-0.1, -0.05) is 29.8 Å². The van der Waals surface area contributed by atoms with Gasteiger partial charge < -0.3 is 19.7 Å². The Balaban J connectivity index is 1.38. The highest BCUT2D eigenvalue weighted by molar-refractivity contribution is 6.31. The van der Waals surface area contributed by atoms with Crippen LogP contribution in [0.25, 0.3) is 0 Å². The monoisotopic (exact) mass is 390 g/mol. The summed E-state index contributed by atoms with van der Waals surface area (Å²) in [5, 5.41) is 12.5. The molecule has 2 bridgehead atoms. The summed E-state index contributed by atoms with van der Waals surface area (Å²) < 4.78 is 0. The van der Waals surface area contributed by atoms with E-state index in [1.807, 2.05) is 23.1 Å². The first-order valence-electron chi connectivity index (χ1n) is 10.1. The van der Waals surface area contributed by atoms with Crippen molar-refractivity contribution in [3.63, 3.8) is 0 Å². The topological polar surface area (TPSA) is 64.9 Å². The number of hydrogen-bond donors (Lipinski definition) is 1. The molecule has 0 aromatic heterocycles. The summed E-state index contributed by atoms with van der Waals surface area (Å²) >= 11 is 6.27. The van der Waals surface area contributed by atoms with Crippen molar-refractivity contribution in [3.05, 3.63) is 34.9 Å². The van der Waals surface area contributed by atoms with Crippen LogP contribution in [0.1, 0.15) is 31.2 Å². The van der Waals surface area contributed by atoms with Gasteiger partial charge in [0, 0.05) is 28.4 Å². The number of benzene rings is 1. The molecular formula is C21H27ClN2O3. The van der Waals surface area contributed by atoms with Crippen molar-refractivity contribution in [1.82, 2.24) is 4.90 Å². The molecule has 4 aliphatic rings. The number of aliphatic carboxylic acids is 1. The van der Waals surface area contributed by atoms with Crippen LogP contribution in [0.3, 0.4) is 0 Å². The lowest BCUT2D eigenvalue weighted by atomic mass is 9.58. The molecule has 0 radical (unpaired) electrons. The highest BCUT2D eigenvalue weighted by Crippen LogP contribution is 2.49. The van der Waals surface area contributed by atoms with Crippen molar-refractivity contribution in [2.75, 3.05) is 26.2 Å². The fourth-order valence-electron chi connectivity index (χ4n) is 5.49. The van der Waals surface area contributed by atoms with E-state index >= 15 is 0 Å². The number of carboxylic acids is 1. The largest absolute Gasteiger partial charge is 0.550 e. The molecule has 1 N–H and O–H groups in total. The molecule has 0 unspecified atom stereocenters. The molecule has 3 saturated carbocycles. The zero-order valence-corrected chi connectivity index (χ0v) is 16.3. The number of carbonyl (C=O) groups excluding carboxylic acids is 2. The van der Waals surface area contributed by atoms with Crippen LogP contribution in [-0.2, 0) is 16.1 Å². The summed E-state index contributed by atoms with van der Waals surface area (Å²) in [4.78, 5) is 28.2. The Labute approximate surface area is 165 Å². The lowest BCUT2D eigenvalue weighted by Crippen LogP contribution is -3.13. The van der Waals surface area contributed by atoms with Crippen LogP contribution >= 0.6 is 11.6 Å². The Morgan fingerprint density at radius 2 is 1.63 bits per heavy atom. The zero-order valence-electron chi connectivity index (χ0n) is 15.5. The molecule has 0 spiro atoms. The second-order valence-corrected chi connectivity index (χ2v) is 8.80. The van der Waals surface area contributed by atoms with Gasteiger partial charge in [-0.25, -0.2) is 0 Å². The minimum atomic E-state index is -1.02. The first-order chi connectivity index (χ1) is 13.0. The van der Waals surface area contributed by atoms with Crippen molar-refractivity contribution in [3.8, 4) is 0 Å². The molecule has 1 aromatic rings. The van der Waals surface area contributed by atoms with Gasteiger partial charge in [0.2, 0.25) is 5.91 Å². The van der Waals surface area contributed by atoms with E-state index in [9.17, 15) is 14.7 Å². The standard InChI is InChI=1S/C21H27ClN2O3/c22-17-4-2-1-3-16(17)13-23-9-11-24(12-10-23)20(25)18-14-5-7-15(8-6-14)19(18)21(26)27/h1-4,14-15,18-19H,5-13H2,(H,26,27)/t14?,15?,18-,19+/m1/s1. The average Bonchev–Trinajstić information content (AvgIpc) is 2.70. The lowest BCUT2D eigenvalue weighted by Gasteiger charge is -2.49. The van der Waals surface area contributed by atoms with E-state index in [1.165, 1.54) is 4.90 Å². The van der Waals surface area contributed by atoms with Gasteiger partial charge in [0.25, 0.3) is 0 Å². The van der Waals surface area contributed by atoms with E-state index in [2.05, 4.69) is 6.07 Å². The van der Waals surface area contributed by atoms with Crippen LogP contribution in [0.2, 0.25) is 5.02 Å². The molecule has 1 amide bonds. The first-order valence-corrected chi connectivity index (χ1v) is 10.5. The maximum Gasteiger partial charge on any atom is 0.227 e. The van der Waals surface area contributed by atoms with Crippen molar-refractivity contribution in [2.24, 2.45) is 23.7 Å². The smallest absolute Gasteiger partial charge is 0.227 e. The fraction of sp³-hybridized carbons (Fsp3) is 0.619. The van der Waals surface area contributed by atoms with Crippen LogP contribution in [0.5, 0.6) is 0 Å². The van der Waals surface area contributed by atoms with E-state index in [-0.39, 0.29) is 23.7 Å². The summed E-state index contributed by atoms with van der Waals surface area (Å²) in [5.74, 6) is -1.58. The SMILES string of the molecule is O=C([O-])[C@H]1C2CCC(CC2)[C@H]1C(=O)N1CC[NH+](Cc2ccccc2Cl)CC1. The summed E-state index contributed by atoms with van der Waals surface area (Å²) in [7, 11) is 0. The third-order valence-corrected chi connectivity index (χ3v) is 7.33. The van der Waals surface area contributed by atoms with Crippen molar-refractivity contribution < 1.29 is 19.6 Å². The van der Waals surface area contributed by atoms with Crippen LogP contribution < -0.4 is 10.0 Å². The van der Waals surface area contributed by atoms with Crippen molar-refractivity contribution in [2.45, 2.75) is 32.2 Å². The summed E-state index contributed by atoms with van der Waals surface area (Å²) in [5.41, 5.74) is 1.13. The van der Waals surface area contributed by atoms with Crippen LogP contribution in [0, 0.1) is 23.7 Å². The van der Waals surface area contributed by atoms with E-state index in [4.69, 9.17) is 11.6 Å². The first kappa shape index (κ1) is 18.8. The molecule has 1 aromatic carbocycles. The van der Waals surface area contributed by atoms with Crippen molar-refractivity contribution in [1.29, 1.82) is 0 Å². The summed E-state index contributed by atoms with van der Waals surface area (Å²) in [6.45, 7) is 3.97. The molecule has 4 fully saturated rings. The number of carbonyl (C=O) groups is 2. The Hall–Kier alpha value is -1.59. The lowest BCUT2D eigenvalue weighted by molar-refractivity contribution is -0.917. The van der Waals surface area contributed by atoms with Crippen LogP contribution in [0.15, 0.2) is 24.3 Å². The minimum absolute atomic E-state index is 0.0513. The van der Waals surface area contributed by atoms with E-state index in [0.717, 1.165) is 55.9 Å². The van der Waals surface area contributed by atoms with Crippen molar-refractivity contribution >= 4 is 23.5 Å². The van der Waals surface area contributed by atoms with Gasteiger partial charge in [0.1, 0.15) is 6.54 Å². The Morgan fingerprint density at radius 1 is 1.04 bits per heavy atom. The van der Waals surface area contributed by atoms with Gasteiger partial charge in [-0.2, -0.15) is 0 Å². The highest BCUT2D eigenvalue weighted by Gasteiger charge is 2.49. The van der Waals surface area contributed by atoms with Gasteiger partial charge in [0.05, 0.1) is 26.2 Å². The van der Waals surface area contributed by atoms with E-state index < -0.39 is 11.9 Å². The zero-order chi connectivity index (χ0) is 19.0. The Kier molecular flexibility index (Phi) is 5.42. The summed E-state index contributed by atoms with van der Waals surface area (Å²) in [6, 6.07) is 7.90. The molecule has 3 aliphatic carbocycles.